The SMILES string of the molecule is O=C(NCc1ccc(Cl)cc1)Nc1nc2cc3c(cc2s1)OCCO3. The van der Waals surface area contributed by atoms with Crippen molar-refractivity contribution in [3.63, 3.8) is 0 Å². The normalized spacial score (nSPS) is 12.8. The molecule has 128 valence electrons. The van der Waals surface area contributed by atoms with Crippen molar-refractivity contribution in [2.45, 2.75) is 6.54 Å². The molecule has 2 N–H and O–H groups in total. The summed E-state index contributed by atoms with van der Waals surface area (Å²) in [5.41, 5.74) is 1.73. The molecule has 25 heavy (non-hydrogen) atoms. The number of nitrogens with zero attached hydrogens (tertiary/aromatic N) is 1. The zero-order valence-corrected chi connectivity index (χ0v) is 14.6. The first-order valence-corrected chi connectivity index (χ1v) is 8.86. The molecule has 1 aliphatic rings. The molecule has 0 spiro atoms. The van der Waals surface area contributed by atoms with E-state index in [1.807, 2.05) is 24.3 Å². The average molecular weight is 376 g/mol. The van der Waals surface area contributed by atoms with Gasteiger partial charge in [-0.05, 0) is 17.7 Å². The summed E-state index contributed by atoms with van der Waals surface area (Å²) in [6, 6.07) is 10.7. The topological polar surface area (TPSA) is 72.5 Å². The smallest absolute Gasteiger partial charge is 0.321 e. The summed E-state index contributed by atoms with van der Waals surface area (Å²) in [6.45, 7) is 1.47. The van der Waals surface area contributed by atoms with Gasteiger partial charge in [-0.15, -0.1) is 0 Å². The Morgan fingerprint density at radius 1 is 1.16 bits per heavy atom. The highest BCUT2D eigenvalue weighted by Crippen LogP contribution is 2.37. The van der Waals surface area contributed by atoms with Crippen LogP contribution in [0.1, 0.15) is 5.56 Å². The number of aromatic nitrogens is 1. The van der Waals surface area contributed by atoms with Gasteiger partial charge >= 0.3 is 6.03 Å². The maximum absolute atomic E-state index is 12.1. The largest absolute Gasteiger partial charge is 0.486 e. The summed E-state index contributed by atoms with van der Waals surface area (Å²) in [7, 11) is 0. The van der Waals surface area contributed by atoms with Crippen LogP contribution in [0.25, 0.3) is 10.2 Å². The van der Waals surface area contributed by atoms with Gasteiger partial charge in [0.1, 0.15) is 13.2 Å². The van der Waals surface area contributed by atoms with Crippen molar-refractivity contribution in [1.29, 1.82) is 0 Å². The van der Waals surface area contributed by atoms with Crippen molar-refractivity contribution >= 4 is 44.3 Å². The number of nitrogens with one attached hydrogen (secondary N) is 2. The summed E-state index contributed by atoms with van der Waals surface area (Å²) in [6.07, 6.45) is 0. The van der Waals surface area contributed by atoms with Crippen LogP contribution in [0.4, 0.5) is 9.93 Å². The number of carbonyl (C=O) groups excluding carboxylic acids is 1. The van der Waals surface area contributed by atoms with Gasteiger partial charge in [0.15, 0.2) is 16.6 Å². The van der Waals surface area contributed by atoms with Crippen molar-refractivity contribution in [3.05, 3.63) is 47.0 Å². The second-order valence-electron chi connectivity index (χ2n) is 5.42. The summed E-state index contributed by atoms with van der Waals surface area (Å²) in [4.78, 5) is 16.5. The fourth-order valence-electron chi connectivity index (χ4n) is 2.44. The molecule has 4 rings (SSSR count). The van der Waals surface area contributed by atoms with E-state index < -0.39 is 0 Å². The van der Waals surface area contributed by atoms with Crippen LogP contribution in [0.2, 0.25) is 5.02 Å². The number of anilines is 1. The molecule has 0 saturated carbocycles. The monoisotopic (exact) mass is 375 g/mol. The maximum Gasteiger partial charge on any atom is 0.321 e. The summed E-state index contributed by atoms with van der Waals surface area (Å²) in [5.74, 6) is 1.39. The summed E-state index contributed by atoms with van der Waals surface area (Å²) < 4.78 is 12.0. The molecule has 0 saturated heterocycles. The quantitative estimate of drug-likeness (QED) is 0.724. The molecule has 0 unspecified atom stereocenters. The van der Waals surface area contributed by atoms with Gasteiger partial charge in [-0.2, -0.15) is 0 Å². The van der Waals surface area contributed by atoms with Crippen LogP contribution in [-0.2, 0) is 6.54 Å². The Morgan fingerprint density at radius 2 is 1.88 bits per heavy atom. The number of urea groups is 1. The first-order chi connectivity index (χ1) is 12.2. The predicted octanol–water partition coefficient (Wildman–Crippen LogP) is 4.04. The van der Waals surface area contributed by atoms with E-state index in [9.17, 15) is 4.79 Å². The molecule has 2 amide bonds. The molecule has 8 heteroatoms. The summed E-state index contributed by atoms with van der Waals surface area (Å²) >= 11 is 7.23. The molecular weight excluding hydrogens is 362 g/mol. The fourth-order valence-corrected chi connectivity index (χ4v) is 3.44. The van der Waals surface area contributed by atoms with Crippen LogP contribution in [-0.4, -0.2) is 24.2 Å². The van der Waals surface area contributed by atoms with E-state index in [1.54, 1.807) is 12.1 Å². The van der Waals surface area contributed by atoms with Gasteiger partial charge in [-0.3, -0.25) is 5.32 Å². The van der Waals surface area contributed by atoms with Gasteiger partial charge in [0.2, 0.25) is 0 Å². The Balaban J connectivity index is 1.43. The van der Waals surface area contributed by atoms with Gasteiger partial charge in [-0.25, -0.2) is 9.78 Å². The van der Waals surface area contributed by atoms with Crippen LogP contribution in [0.15, 0.2) is 36.4 Å². The number of fused-ring (bicyclic) bond motifs is 2. The van der Waals surface area contributed by atoms with Gasteiger partial charge < -0.3 is 14.8 Å². The first kappa shape index (κ1) is 16.0. The number of rotatable bonds is 3. The number of thiazole rings is 1. The Bertz CT molecular complexity index is 884. The van der Waals surface area contributed by atoms with Crippen LogP contribution in [0.5, 0.6) is 11.5 Å². The van der Waals surface area contributed by atoms with Gasteiger partial charge in [0, 0.05) is 23.7 Å². The molecule has 2 aromatic carbocycles. The molecule has 0 bridgehead atoms. The second kappa shape index (κ2) is 6.78. The highest BCUT2D eigenvalue weighted by Gasteiger charge is 2.16. The zero-order chi connectivity index (χ0) is 17.2. The van der Waals surface area contributed by atoms with Crippen molar-refractivity contribution in [1.82, 2.24) is 10.3 Å². The van der Waals surface area contributed by atoms with Crippen molar-refractivity contribution in [2.24, 2.45) is 0 Å². The number of ether oxygens (including phenoxy) is 2. The number of halogens is 1. The fraction of sp³-hybridized carbons (Fsp3) is 0.176. The van der Waals surface area contributed by atoms with Gasteiger partial charge in [-0.1, -0.05) is 35.1 Å². The maximum atomic E-state index is 12.1. The number of amides is 2. The Labute approximate surface area is 152 Å². The average Bonchev–Trinajstić information content (AvgIpc) is 3.00. The number of hydrogen-bond acceptors (Lipinski definition) is 5. The molecule has 6 nitrogen and oxygen atoms in total. The van der Waals surface area contributed by atoms with Crippen molar-refractivity contribution in [2.75, 3.05) is 18.5 Å². The molecule has 0 atom stereocenters. The van der Waals surface area contributed by atoms with Crippen molar-refractivity contribution in [3.8, 4) is 11.5 Å². The van der Waals surface area contributed by atoms with Crippen molar-refractivity contribution < 1.29 is 14.3 Å². The molecule has 1 aliphatic heterocycles. The second-order valence-corrected chi connectivity index (χ2v) is 6.88. The number of hydrogen-bond donors (Lipinski definition) is 2. The van der Waals surface area contributed by atoms with Gasteiger partial charge in [0.25, 0.3) is 0 Å². The van der Waals surface area contributed by atoms with Crippen LogP contribution in [0, 0.1) is 0 Å². The van der Waals surface area contributed by atoms with E-state index >= 15 is 0 Å². The van der Waals surface area contributed by atoms with E-state index in [4.69, 9.17) is 21.1 Å². The number of benzene rings is 2. The molecule has 0 fully saturated rings. The molecule has 1 aromatic heterocycles. The summed E-state index contributed by atoms with van der Waals surface area (Å²) in [5, 5.41) is 6.73. The Morgan fingerprint density at radius 3 is 2.64 bits per heavy atom. The third kappa shape index (κ3) is 3.62. The van der Waals surface area contributed by atoms with Crippen LogP contribution >= 0.6 is 22.9 Å². The lowest BCUT2D eigenvalue weighted by Crippen LogP contribution is -2.28. The molecule has 0 radical (unpaired) electrons. The van der Waals surface area contributed by atoms with E-state index in [-0.39, 0.29) is 6.03 Å². The lowest BCUT2D eigenvalue weighted by Gasteiger charge is -2.17. The molecule has 2 heterocycles. The molecular formula is C17H14ClN3O3S. The lowest BCUT2D eigenvalue weighted by atomic mass is 10.2. The minimum atomic E-state index is -0.314. The minimum absolute atomic E-state index is 0.314. The molecule has 0 aliphatic carbocycles. The number of carbonyl (C=O) groups is 1. The highest BCUT2D eigenvalue weighted by atomic mass is 35.5. The lowest BCUT2D eigenvalue weighted by molar-refractivity contribution is 0.172. The zero-order valence-electron chi connectivity index (χ0n) is 13.0. The third-order valence-corrected chi connectivity index (χ3v) is 4.82. The Hall–Kier alpha value is -2.51. The standard InChI is InChI=1S/C17H14ClN3O3S/c18-11-3-1-10(2-4-11)9-19-16(22)21-17-20-12-7-13-14(8-15(12)25-17)24-6-5-23-13/h1-4,7-8H,5-6,9H2,(H2,19,20,21,22). The van der Waals surface area contributed by atoms with Gasteiger partial charge in [0.05, 0.1) is 10.2 Å². The molecule has 3 aromatic rings. The highest BCUT2D eigenvalue weighted by molar-refractivity contribution is 7.22. The van der Waals surface area contributed by atoms with Crippen LogP contribution in [0.3, 0.4) is 0 Å². The van der Waals surface area contributed by atoms with Crippen LogP contribution < -0.4 is 20.1 Å². The van der Waals surface area contributed by atoms with E-state index in [0.717, 1.165) is 15.8 Å². The predicted molar refractivity (Wildman–Crippen MR) is 97.9 cm³/mol. The van der Waals surface area contributed by atoms with E-state index in [0.29, 0.717) is 41.4 Å². The first-order valence-electron chi connectivity index (χ1n) is 7.67. The van der Waals surface area contributed by atoms with E-state index in [2.05, 4.69) is 15.6 Å². The van der Waals surface area contributed by atoms with E-state index in [1.165, 1.54) is 11.3 Å². The third-order valence-electron chi connectivity index (χ3n) is 3.64. The minimum Gasteiger partial charge on any atom is -0.486 e. The Kier molecular flexibility index (Phi) is 4.33.